The van der Waals surface area contributed by atoms with Crippen LogP contribution in [0.15, 0.2) is 45.2 Å². The van der Waals surface area contributed by atoms with E-state index in [1.807, 2.05) is 12.1 Å². The predicted molar refractivity (Wildman–Crippen MR) is 58.0 cm³/mol. The second-order valence-electron chi connectivity index (χ2n) is 2.84. The molecule has 1 aromatic carbocycles. The van der Waals surface area contributed by atoms with Crippen LogP contribution in [0.1, 0.15) is 0 Å². The molecule has 1 heterocycles. The Bertz CT molecular complexity index is 443. The maximum absolute atomic E-state index is 5.72. The van der Waals surface area contributed by atoms with E-state index in [4.69, 9.17) is 14.9 Å². The number of aromatic nitrogens is 1. The van der Waals surface area contributed by atoms with E-state index in [9.17, 15) is 0 Å². The Morgan fingerprint density at radius 2 is 2.27 bits per heavy atom. The zero-order valence-corrected chi connectivity index (χ0v) is 8.95. The Balaban J connectivity index is 2.24. The van der Waals surface area contributed by atoms with E-state index in [-0.39, 0.29) is 0 Å². The van der Waals surface area contributed by atoms with Gasteiger partial charge in [0.15, 0.2) is 0 Å². The Labute approximate surface area is 91.4 Å². The van der Waals surface area contributed by atoms with Gasteiger partial charge in [-0.05, 0) is 23.9 Å². The third kappa shape index (κ3) is 2.44. The van der Waals surface area contributed by atoms with Crippen LogP contribution in [0.25, 0.3) is 0 Å². The molecule has 0 unspecified atom stereocenters. The molecule has 0 fully saturated rings. The summed E-state index contributed by atoms with van der Waals surface area (Å²) in [5, 5.41) is 0.586. The monoisotopic (exact) mass is 222 g/mol. The number of nitrogen functional groups attached to an aromatic ring is 1. The van der Waals surface area contributed by atoms with Crippen LogP contribution in [-0.2, 0) is 0 Å². The van der Waals surface area contributed by atoms with Crippen LogP contribution in [0.2, 0.25) is 0 Å². The SMILES string of the molecule is COc1cc(N)cc(Sc2ncco2)c1. The van der Waals surface area contributed by atoms with E-state index in [0.717, 1.165) is 10.6 Å². The first kappa shape index (κ1) is 9.92. The van der Waals surface area contributed by atoms with E-state index in [0.29, 0.717) is 10.9 Å². The van der Waals surface area contributed by atoms with Crippen molar-refractivity contribution in [2.45, 2.75) is 10.1 Å². The highest BCUT2D eigenvalue weighted by molar-refractivity contribution is 7.99. The molecule has 2 rings (SSSR count). The maximum atomic E-state index is 5.72. The Morgan fingerprint density at radius 3 is 2.93 bits per heavy atom. The second-order valence-corrected chi connectivity index (χ2v) is 3.87. The fraction of sp³-hybridized carbons (Fsp3) is 0.100. The average Bonchev–Trinajstić information content (AvgIpc) is 2.69. The van der Waals surface area contributed by atoms with Gasteiger partial charge in [0.1, 0.15) is 12.0 Å². The summed E-state index contributed by atoms with van der Waals surface area (Å²) < 4.78 is 10.2. The molecule has 0 aliphatic rings. The lowest BCUT2D eigenvalue weighted by Gasteiger charge is -2.04. The molecule has 0 spiro atoms. The summed E-state index contributed by atoms with van der Waals surface area (Å²) in [6, 6.07) is 5.49. The number of hydrogen-bond donors (Lipinski definition) is 1. The van der Waals surface area contributed by atoms with Crippen molar-refractivity contribution in [1.29, 1.82) is 0 Å². The van der Waals surface area contributed by atoms with Gasteiger partial charge >= 0.3 is 0 Å². The molecule has 0 bridgehead atoms. The molecule has 0 aliphatic heterocycles. The van der Waals surface area contributed by atoms with Gasteiger partial charge in [0, 0.05) is 16.6 Å². The van der Waals surface area contributed by atoms with E-state index in [1.54, 1.807) is 19.4 Å². The summed E-state index contributed by atoms with van der Waals surface area (Å²) in [7, 11) is 1.61. The van der Waals surface area contributed by atoms with Crippen molar-refractivity contribution in [1.82, 2.24) is 4.98 Å². The molecule has 0 saturated heterocycles. The number of ether oxygens (including phenoxy) is 1. The average molecular weight is 222 g/mol. The number of oxazole rings is 1. The molecule has 2 aromatic rings. The third-order valence-corrected chi connectivity index (χ3v) is 2.60. The lowest BCUT2D eigenvalue weighted by Crippen LogP contribution is -1.89. The molecule has 4 nitrogen and oxygen atoms in total. The van der Waals surface area contributed by atoms with Crippen LogP contribution in [0.4, 0.5) is 5.69 Å². The van der Waals surface area contributed by atoms with E-state index in [2.05, 4.69) is 4.98 Å². The molecule has 0 saturated carbocycles. The van der Waals surface area contributed by atoms with E-state index in [1.165, 1.54) is 18.0 Å². The molecule has 0 atom stereocenters. The minimum Gasteiger partial charge on any atom is -0.497 e. The first-order valence-corrected chi connectivity index (χ1v) is 5.11. The molecule has 1 aromatic heterocycles. The molecule has 0 amide bonds. The summed E-state index contributed by atoms with van der Waals surface area (Å²) in [5.74, 6) is 0.726. The smallest absolute Gasteiger partial charge is 0.260 e. The zero-order valence-electron chi connectivity index (χ0n) is 8.14. The Morgan fingerprint density at radius 1 is 1.40 bits per heavy atom. The van der Waals surface area contributed by atoms with Crippen LogP contribution in [0.3, 0.4) is 0 Å². The molecule has 15 heavy (non-hydrogen) atoms. The maximum Gasteiger partial charge on any atom is 0.260 e. The fourth-order valence-electron chi connectivity index (χ4n) is 1.13. The summed E-state index contributed by atoms with van der Waals surface area (Å²) in [5.41, 5.74) is 6.38. The zero-order chi connectivity index (χ0) is 10.7. The van der Waals surface area contributed by atoms with Gasteiger partial charge in [0.25, 0.3) is 5.22 Å². The van der Waals surface area contributed by atoms with Crippen LogP contribution in [-0.4, -0.2) is 12.1 Å². The van der Waals surface area contributed by atoms with Gasteiger partial charge in [-0.2, -0.15) is 0 Å². The highest BCUT2D eigenvalue weighted by Crippen LogP contribution is 2.30. The van der Waals surface area contributed by atoms with Crippen molar-refractivity contribution >= 4 is 17.4 Å². The number of hydrogen-bond acceptors (Lipinski definition) is 5. The van der Waals surface area contributed by atoms with Crippen molar-refractivity contribution in [2.75, 3.05) is 12.8 Å². The number of anilines is 1. The number of nitrogens with two attached hydrogens (primary N) is 1. The van der Waals surface area contributed by atoms with Gasteiger partial charge < -0.3 is 14.9 Å². The topological polar surface area (TPSA) is 61.3 Å². The van der Waals surface area contributed by atoms with E-state index >= 15 is 0 Å². The van der Waals surface area contributed by atoms with Crippen LogP contribution in [0.5, 0.6) is 5.75 Å². The first-order chi connectivity index (χ1) is 7.28. The molecule has 78 valence electrons. The number of nitrogens with zero attached hydrogens (tertiary/aromatic N) is 1. The fourth-order valence-corrected chi connectivity index (χ4v) is 1.92. The van der Waals surface area contributed by atoms with Crippen LogP contribution in [0, 0.1) is 0 Å². The highest BCUT2D eigenvalue weighted by Gasteiger charge is 2.04. The van der Waals surface area contributed by atoms with Crippen LogP contribution >= 0.6 is 11.8 Å². The molecular weight excluding hydrogens is 212 g/mol. The van der Waals surface area contributed by atoms with Crippen molar-refractivity contribution in [3.05, 3.63) is 30.7 Å². The second kappa shape index (κ2) is 4.27. The summed E-state index contributed by atoms with van der Waals surface area (Å²) >= 11 is 1.40. The summed E-state index contributed by atoms with van der Waals surface area (Å²) in [6.45, 7) is 0. The number of rotatable bonds is 3. The van der Waals surface area contributed by atoms with Gasteiger partial charge in [0.05, 0.1) is 13.3 Å². The Kier molecular flexibility index (Phi) is 2.82. The molecule has 0 aliphatic carbocycles. The van der Waals surface area contributed by atoms with Gasteiger partial charge in [0.2, 0.25) is 0 Å². The first-order valence-electron chi connectivity index (χ1n) is 4.30. The normalized spacial score (nSPS) is 10.2. The van der Waals surface area contributed by atoms with Gasteiger partial charge in [-0.15, -0.1) is 0 Å². The molecule has 0 radical (unpaired) electrons. The summed E-state index contributed by atoms with van der Waals surface area (Å²) in [6.07, 6.45) is 3.14. The van der Waals surface area contributed by atoms with Crippen molar-refractivity contribution in [3.8, 4) is 5.75 Å². The predicted octanol–water partition coefficient (Wildman–Crippen LogP) is 2.42. The largest absolute Gasteiger partial charge is 0.497 e. The lowest BCUT2D eigenvalue weighted by molar-refractivity contribution is 0.414. The molecule has 5 heteroatoms. The highest BCUT2D eigenvalue weighted by atomic mass is 32.2. The van der Waals surface area contributed by atoms with Crippen molar-refractivity contribution in [2.24, 2.45) is 0 Å². The summed E-state index contributed by atoms with van der Waals surface area (Å²) in [4.78, 5) is 4.95. The van der Waals surface area contributed by atoms with Gasteiger partial charge in [-0.3, -0.25) is 0 Å². The standard InChI is InChI=1S/C10H10N2O2S/c1-13-8-4-7(11)5-9(6-8)15-10-12-2-3-14-10/h2-6H,11H2,1H3. The number of benzene rings is 1. The number of methoxy groups -OCH3 is 1. The van der Waals surface area contributed by atoms with Gasteiger partial charge in [-0.1, -0.05) is 0 Å². The quantitative estimate of drug-likeness (QED) is 0.808. The minimum atomic E-state index is 0.586. The van der Waals surface area contributed by atoms with Crippen molar-refractivity contribution < 1.29 is 9.15 Å². The van der Waals surface area contributed by atoms with Gasteiger partial charge in [-0.25, -0.2) is 4.98 Å². The Hall–Kier alpha value is -1.62. The van der Waals surface area contributed by atoms with E-state index < -0.39 is 0 Å². The third-order valence-electron chi connectivity index (χ3n) is 1.75. The van der Waals surface area contributed by atoms with Crippen LogP contribution < -0.4 is 10.5 Å². The lowest BCUT2D eigenvalue weighted by atomic mass is 10.3. The minimum absolute atomic E-state index is 0.586. The van der Waals surface area contributed by atoms with Crippen molar-refractivity contribution in [3.63, 3.8) is 0 Å². The molecular formula is C10H10N2O2S. The molecule has 2 N–H and O–H groups in total.